The van der Waals surface area contributed by atoms with Gasteiger partial charge in [-0.05, 0) is 95.4 Å². The lowest BCUT2D eigenvalue weighted by Crippen LogP contribution is -2.13. The molecule has 5 rings (SSSR count). The minimum Gasteiger partial charge on any atom is -0.489 e. The lowest BCUT2D eigenvalue weighted by Gasteiger charge is -2.14. The molecule has 6 heteroatoms. The number of anilines is 1. The Kier molecular flexibility index (Phi) is 8.87. The molecule has 0 aliphatic rings. The van der Waals surface area contributed by atoms with Crippen molar-refractivity contribution < 1.29 is 14.3 Å². The van der Waals surface area contributed by atoms with Gasteiger partial charge in [-0.25, -0.2) is 0 Å². The van der Waals surface area contributed by atoms with Crippen molar-refractivity contribution in [2.24, 2.45) is 0 Å². The maximum absolute atomic E-state index is 13.2. The summed E-state index contributed by atoms with van der Waals surface area (Å²) in [5.74, 6) is 0.732. The first-order chi connectivity index (χ1) is 20.4. The van der Waals surface area contributed by atoms with Crippen LogP contribution in [-0.2, 0) is 18.0 Å². The minimum atomic E-state index is -0.514. The van der Waals surface area contributed by atoms with E-state index in [-0.39, 0.29) is 5.57 Å². The first-order valence-electron chi connectivity index (χ1n) is 13.5. The highest BCUT2D eigenvalue weighted by atomic mass is 35.5. The summed E-state index contributed by atoms with van der Waals surface area (Å²) in [5.41, 5.74) is 5.63. The van der Waals surface area contributed by atoms with Gasteiger partial charge in [-0.15, -0.1) is 0 Å². The van der Waals surface area contributed by atoms with Crippen molar-refractivity contribution in [1.82, 2.24) is 0 Å². The van der Waals surface area contributed by atoms with Crippen LogP contribution in [0.15, 0.2) is 109 Å². The second-order valence-electron chi connectivity index (χ2n) is 9.97. The third kappa shape index (κ3) is 6.98. The van der Waals surface area contributed by atoms with Gasteiger partial charge in [-0.2, -0.15) is 5.26 Å². The number of halogens is 1. The number of carbonyl (C=O) groups is 1. The average molecular weight is 573 g/mol. The van der Waals surface area contributed by atoms with Crippen molar-refractivity contribution in [1.29, 1.82) is 5.26 Å². The van der Waals surface area contributed by atoms with Gasteiger partial charge >= 0.3 is 0 Å². The van der Waals surface area contributed by atoms with Crippen LogP contribution in [-0.4, -0.2) is 5.91 Å². The van der Waals surface area contributed by atoms with Crippen LogP contribution in [0, 0.1) is 25.2 Å². The van der Waals surface area contributed by atoms with Gasteiger partial charge in [0.05, 0.1) is 0 Å². The van der Waals surface area contributed by atoms with E-state index in [9.17, 15) is 10.1 Å². The fraction of sp³-hybridized carbons (Fsp3) is 0.111. The quantitative estimate of drug-likeness (QED) is 0.141. The molecule has 0 bridgehead atoms. The number of nitrogens with one attached hydrogen (secondary N) is 1. The largest absolute Gasteiger partial charge is 0.489 e. The molecule has 0 aromatic heterocycles. The van der Waals surface area contributed by atoms with Crippen LogP contribution in [0.1, 0.15) is 27.8 Å². The fourth-order valence-corrected chi connectivity index (χ4v) is 4.60. The van der Waals surface area contributed by atoms with E-state index in [1.54, 1.807) is 30.3 Å². The van der Waals surface area contributed by atoms with Crippen LogP contribution in [0.25, 0.3) is 16.8 Å². The summed E-state index contributed by atoms with van der Waals surface area (Å²) >= 11 is 5.94. The number of amides is 1. The molecule has 0 unspecified atom stereocenters. The Labute approximate surface area is 250 Å². The van der Waals surface area contributed by atoms with Crippen LogP contribution in [0.5, 0.6) is 11.5 Å². The highest BCUT2D eigenvalue weighted by Crippen LogP contribution is 2.31. The lowest BCUT2D eigenvalue weighted by atomic mass is 10.0. The van der Waals surface area contributed by atoms with E-state index in [0.717, 1.165) is 21.9 Å². The molecule has 0 spiro atoms. The van der Waals surface area contributed by atoms with E-state index in [4.69, 9.17) is 21.1 Å². The zero-order valence-electron chi connectivity index (χ0n) is 23.4. The maximum atomic E-state index is 13.2. The molecule has 0 radical (unpaired) electrons. The van der Waals surface area contributed by atoms with Gasteiger partial charge in [-0.3, -0.25) is 4.79 Å². The first kappa shape index (κ1) is 28.5. The van der Waals surface area contributed by atoms with E-state index in [1.165, 1.54) is 11.1 Å². The fourth-order valence-electron chi connectivity index (χ4n) is 4.48. The van der Waals surface area contributed by atoms with E-state index in [1.807, 2.05) is 66.7 Å². The number of hydrogen-bond acceptors (Lipinski definition) is 4. The molecular formula is C36H29ClN2O3. The number of hydrogen-bond donors (Lipinski definition) is 1. The van der Waals surface area contributed by atoms with Crippen LogP contribution in [0.3, 0.4) is 0 Å². The second-order valence-corrected chi connectivity index (χ2v) is 10.4. The Morgan fingerprint density at radius 3 is 2.29 bits per heavy atom. The Bertz CT molecular complexity index is 1800. The van der Waals surface area contributed by atoms with Gasteiger partial charge in [0, 0.05) is 16.3 Å². The SMILES string of the molecule is Cc1ccc(COc2ccc3ccccc3c2/C=C(\C#N)C(=O)Nc2ccc(OCc3ccc(Cl)cc3)cc2)cc1C. The minimum absolute atomic E-state index is 0.0366. The Hall–Kier alpha value is -5.05. The number of nitrogens with zero attached hydrogens (tertiary/aromatic N) is 1. The van der Waals surface area contributed by atoms with Gasteiger partial charge in [0.1, 0.15) is 36.4 Å². The van der Waals surface area contributed by atoms with Crippen LogP contribution >= 0.6 is 11.6 Å². The molecule has 0 fully saturated rings. The average Bonchev–Trinajstić information content (AvgIpc) is 3.01. The smallest absolute Gasteiger partial charge is 0.266 e. The molecule has 5 aromatic rings. The molecule has 0 aliphatic heterocycles. The van der Waals surface area contributed by atoms with Crippen LogP contribution < -0.4 is 14.8 Å². The topological polar surface area (TPSA) is 71.3 Å². The third-order valence-electron chi connectivity index (χ3n) is 6.98. The van der Waals surface area contributed by atoms with Crippen molar-refractivity contribution in [3.8, 4) is 17.6 Å². The Balaban J connectivity index is 1.33. The second kappa shape index (κ2) is 13.1. The van der Waals surface area contributed by atoms with E-state index in [0.29, 0.717) is 41.0 Å². The summed E-state index contributed by atoms with van der Waals surface area (Å²) in [4.78, 5) is 13.2. The van der Waals surface area contributed by atoms with Crippen molar-refractivity contribution >= 4 is 40.0 Å². The van der Waals surface area contributed by atoms with E-state index < -0.39 is 5.91 Å². The van der Waals surface area contributed by atoms with Crippen molar-refractivity contribution in [3.05, 3.63) is 142 Å². The Morgan fingerprint density at radius 1 is 0.833 bits per heavy atom. The zero-order valence-corrected chi connectivity index (χ0v) is 24.1. The van der Waals surface area contributed by atoms with E-state index in [2.05, 4.69) is 37.4 Å². The standard InChI is InChI=1S/C36H29ClN2O3/c1-24-7-8-27(19-25(24)2)23-42-35-18-11-28-5-3-4-6-33(28)34(35)20-29(21-38)36(40)39-31-14-16-32(17-15-31)41-22-26-9-12-30(37)13-10-26/h3-20H,22-23H2,1-2H3,(H,39,40)/b29-20+. The molecule has 5 aromatic carbocycles. The summed E-state index contributed by atoms with van der Waals surface area (Å²) in [7, 11) is 0. The lowest BCUT2D eigenvalue weighted by molar-refractivity contribution is -0.112. The normalized spacial score (nSPS) is 11.1. The summed E-state index contributed by atoms with van der Waals surface area (Å²) in [6.45, 7) is 4.90. The number of nitriles is 1. The molecule has 0 saturated heterocycles. The molecule has 208 valence electrons. The highest BCUT2D eigenvalue weighted by Gasteiger charge is 2.14. The summed E-state index contributed by atoms with van der Waals surface area (Å²) in [5, 5.41) is 15.3. The molecule has 0 heterocycles. The number of fused-ring (bicyclic) bond motifs is 1. The molecule has 1 amide bonds. The van der Waals surface area contributed by atoms with Gasteiger partial charge in [0.15, 0.2) is 0 Å². The van der Waals surface area contributed by atoms with Crippen LogP contribution in [0.2, 0.25) is 5.02 Å². The molecule has 0 saturated carbocycles. The van der Waals surface area contributed by atoms with Crippen molar-refractivity contribution in [2.45, 2.75) is 27.1 Å². The van der Waals surface area contributed by atoms with Gasteiger partial charge in [0.2, 0.25) is 0 Å². The third-order valence-corrected chi connectivity index (χ3v) is 7.23. The monoisotopic (exact) mass is 572 g/mol. The zero-order chi connectivity index (χ0) is 29.5. The van der Waals surface area contributed by atoms with Gasteiger partial charge in [0.25, 0.3) is 5.91 Å². The molecule has 0 atom stereocenters. The number of aryl methyl sites for hydroxylation is 2. The van der Waals surface area contributed by atoms with Crippen molar-refractivity contribution in [2.75, 3.05) is 5.32 Å². The summed E-state index contributed by atoms with van der Waals surface area (Å²) in [6.07, 6.45) is 1.59. The van der Waals surface area contributed by atoms with Gasteiger partial charge < -0.3 is 14.8 Å². The van der Waals surface area contributed by atoms with E-state index >= 15 is 0 Å². The molecule has 1 N–H and O–H groups in total. The van der Waals surface area contributed by atoms with Gasteiger partial charge in [-0.1, -0.05) is 72.3 Å². The molecule has 0 aliphatic carbocycles. The first-order valence-corrected chi connectivity index (χ1v) is 13.9. The molecule has 42 heavy (non-hydrogen) atoms. The predicted molar refractivity (Wildman–Crippen MR) is 169 cm³/mol. The number of ether oxygens (including phenoxy) is 2. The predicted octanol–water partition coefficient (Wildman–Crippen LogP) is 8.81. The molecule has 5 nitrogen and oxygen atoms in total. The highest BCUT2D eigenvalue weighted by molar-refractivity contribution is 6.30. The summed E-state index contributed by atoms with van der Waals surface area (Å²) in [6, 6.07) is 34.4. The van der Waals surface area contributed by atoms with Crippen LogP contribution in [0.4, 0.5) is 5.69 Å². The van der Waals surface area contributed by atoms with Crippen molar-refractivity contribution in [3.63, 3.8) is 0 Å². The number of carbonyl (C=O) groups excluding carboxylic acids is 1. The Morgan fingerprint density at radius 2 is 1.55 bits per heavy atom. The number of benzene rings is 5. The molecular weight excluding hydrogens is 544 g/mol. The maximum Gasteiger partial charge on any atom is 0.266 e. The number of rotatable bonds is 9. The summed E-state index contributed by atoms with van der Waals surface area (Å²) < 4.78 is 12.1.